The van der Waals surface area contributed by atoms with Crippen molar-refractivity contribution in [3.05, 3.63) is 29.8 Å². The predicted molar refractivity (Wildman–Crippen MR) is 79.7 cm³/mol. The molecule has 1 N–H and O–H groups in total. The Labute approximate surface area is 116 Å². The number of piperidine rings is 1. The number of hydrogen-bond acceptors (Lipinski definition) is 3. The van der Waals surface area contributed by atoms with Crippen molar-refractivity contribution < 1.29 is 4.74 Å². The molecular weight excluding hydrogens is 236 g/mol. The summed E-state index contributed by atoms with van der Waals surface area (Å²) in [7, 11) is 3.79. The van der Waals surface area contributed by atoms with E-state index in [0.717, 1.165) is 18.7 Å². The van der Waals surface area contributed by atoms with E-state index < -0.39 is 0 Å². The van der Waals surface area contributed by atoms with Crippen molar-refractivity contribution in [2.24, 2.45) is 0 Å². The van der Waals surface area contributed by atoms with Crippen molar-refractivity contribution in [2.45, 2.75) is 31.7 Å². The molecule has 1 fully saturated rings. The summed E-state index contributed by atoms with van der Waals surface area (Å²) in [4.78, 5) is 2.62. The molecule has 1 unspecified atom stereocenters. The van der Waals surface area contributed by atoms with Crippen LogP contribution in [0.1, 0.15) is 37.3 Å². The van der Waals surface area contributed by atoms with Crippen molar-refractivity contribution in [3.8, 4) is 5.75 Å². The molecule has 3 nitrogen and oxygen atoms in total. The van der Waals surface area contributed by atoms with Crippen molar-refractivity contribution in [2.75, 3.05) is 33.8 Å². The zero-order valence-electron chi connectivity index (χ0n) is 12.2. The maximum atomic E-state index is 5.55. The molecule has 1 heterocycles. The van der Waals surface area contributed by atoms with Gasteiger partial charge >= 0.3 is 0 Å². The van der Waals surface area contributed by atoms with Crippen LogP contribution in [0.15, 0.2) is 24.3 Å². The topological polar surface area (TPSA) is 24.5 Å². The van der Waals surface area contributed by atoms with E-state index in [1.807, 2.05) is 13.1 Å². The molecule has 19 heavy (non-hydrogen) atoms. The van der Waals surface area contributed by atoms with Crippen LogP contribution >= 0.6 is 0 Å². The Hall–Kier alpha value is -1.06. The maximum Gasteiger partial charge on any atom is 0.123 e. The number of nitrogens with one attached hydrogen (secondary N) is 1. The molecule has 0 spiro atoms. The van der Waals surface area contributed by atoms with Gasteiger partial charge in [0.25, 0.3) is 0 Å². The quantitative estimate of drug-likeness (QED) is 0.853. The molecule has 1 aromatic rings. The standard InChI is InChI=1S/C16H26N2O/c1-17-11-10-15(18-12-6-3-7-13-18)14-8-4-5-9-16(14)19-2/h4-5,8-9,15,17H,3,6-7,10-13H2,1-2H3. The first-order chi connectivity index (χ1) is 9.36. The maximum absolute atomic E-state index is 5.55. The Morgan fingerprint density at radius 3 is 2.63 bits per heavy atom. The third-order valence-electron chi connectivity index (χ3n) is 4.00. The van der Waals surface area contributed by atoms with Gasteiger partial charge in [0.1, 0.15) is 5.75 Å². The van der Waals surface area contributed by atoms with E-state index in [-0.39, 0.29) is 0 Å². The number of nitrogens with zero attached hydrogens (tertiary/aromatic N) is 1. The van der Waals surface area contributed by atoms with Crippen LogP contribution in [0.4, 0.5) is 0 Å². The molecule has 1 aromatic carbocycles. The van der Waals surface area contributed by atoms with Crippen LogP contribution < -0.4 is 10.1 Å². The Morgan fingerprint density at radius 1 is 1.21 bits per heavy atom. The fourth-order valence-corrected chi connectivity index (χ4v) is 2.99. The number of likely N-dealkylation sites (tertiary alicyclic amines) is 1. The van der Waals surface area contributed by atoms with Crippen molar-refractivity contribution >= 4 is 0 Å². The Bertz CT molecular complexity index is 375. The zero-order chi connectivity index (χ0) is 13.5. The van der Waals surface area contributed by atoms with Crippen molar-refractivity contribution in [1.29, 1.82) is 0 Å². The number of hydrogen-bond donors (Lipinski definition) is 1. The van der Waals surface area contributed by atoms with Crippen molar-refractivity contribution in [1.82, 2.24) is 10.2 Å². The van der Waals surface area contributed by atoms with Gasteiger partial charge in [-0.2, -0.15) is 0 Å². The summed E-state index contributed by atoms with van der Waals surface area (Å²) in [6.45, 7) is 3.47. The molecule has 1 aliphatic heterocycles. The van der Waals surface area contributed by atoms with E-state index in [1.54, 1.807) is 7.11 Å². The van der Waals surface area contributed by atoms with E-state index in [0.29, 0.717) is 6.04 Å². The first-order valence-corrected chi connectivity index (χ1v) is 7.38. The fourth-order valence-electron chi connectivity index (χ4n) is 2.99. The number of ether oxygens (including phenoxy) is 1. The number of rotatable bonds is 6. The Morgan fingerprint density at radius 2 is 1.95 bits per heavy atom. The van der Waals surface area contributed by atoms with E-state index >= 15 is 0 Å². The minimum atomic E-state index is 0.476. The zero-order valence-corrected chi connectivity index (χ0v) is 12.2. The molecule has 0 radical (unpaired) electrons. The SMILES string of the molecule is CNCCC(c1ccccc1OC)N1CCCCC1. The van der Waals surface area contributed by atoms with Gasteiger partial charge in [0, 0.05) is 11.6 Å². The lowest BCUT2D eigenvalue weighted by Gasteiger charge is -2.35. The summed E-state index contributed by atoms with van der Waals surface area (Å²) in [5.74, 6) is 1.02. The summed E-state index contributed by atoms with van der Waals surface area (Å²) in [5, 5.41) is 3.28. The van der Waals surface area contributed by atoms with E-state index in [1.165, 1.54) is 37.9 Å². The molecule has 1 saturated heterocycles. The van der Waals surface area contributed by atoms with Crippen molar-refractivity contribution in [3.63, 3.8) is 0 Å². The highest BCUT2D eigenvalue weighted by Crippen LogP contribution is 2.33. The molecule has 0 aliphatic carbocycles. The average molecular weight is 262 g/mol. The molecule has 2 rings (SSSR count). The molecular formula is C16H26N2O. The summed E-state index contributed by atoms with van der Waals surface area (Å²) in [6.07, 6.45) is 5.16. The van der Waals surface area contributed by atoms with Crippen LogP contribution in [-0.2, 0) is 0 Å². The second kappa shape index (κ2) is 7.51. The third kappa shape index (κ3) is 3.71. The van der Waals surface area contributed by atoms with Gasteiger partial charge in [-0.3, -0.25) is 4.90 Å². The highest BCUT2D eigenvalue weighted by molar-refractivity contribution is 5.36. The van der Waals surface area contributed by atoms with E-state index in [9.17, 15) is 0 Å². The van der Waals surface area contributed by atoms with E-state index in [2.05, 4.69) is 28.4 Å². The largest absolute Gasteiger partial charge is 0.496 e. The van der Waals surface area contributed by atoms with Crippen LogP contribution in [0, 0.1) is 0 Å². The molecule has 0 saturated carbocycles. The van der Waals surface area contributed by atoms with Gasteiger partial charge in [0.15, 0.2) is 0 Å². The second-order valence-corrected chi connectivity index (χ2v) is 5.25. The lowest BCUT2D eigenvalue weighted by atomic mass is 9.98. The Kier molecular flexibility index (Phi) is 5.67. The third-order valence-corrected chi connectivity index (χ3v) is 4.00. The van der Waals surface area contributed by atoms with Gasteiger partial charge in [-0.1, -0.05) is 24.6 Å². The average Bonchev–Trinajstić information content (AvgIpc) is 2.49. The van der Waals surface area contributed by atoms with Gasteiger partial charge < -0.3 is 10.1 Å². The highest BCUT2D eigenvalue weighted by atomic mass is 16.5. The monoisotopic (exact) mass is 262 g/mol. The van der Waals surface area contributed by atoms with Gasteiger partial charge in [-0.15, -0.1) is 0 Å². The summed E-state index contributed by atoms with van der Waals surface area (Å²) in [5.41, 5.74) is 1.34. The molecule has 0 amide bonds. The van der Waals surface area contributed by atoms with Gasteiger partial charge in [0.05, 0.1) is 7.11 Å². The summed E-state index contributed by atoms with van der Waals surface area (Å²) in [6, 6.07) is 8.94. The fraction of sp³-hybridized carbons (Fsp3) is 0.625. The Balaban J connectivity index is 2.19. The first-order valence-electron chi connectivity index (χ1n) is 7.38. The summed E-state index contributed by atoms with van der Waals surface area (Å²) < 4.78 is 5.55. The lowest BCUT2D eigenvalue weighted by Crippen LogP contribution is -2.35. The van der Waals surface area contributed by atoms with Crippen LogP contribution in [-0.4, -0.2) is 38.7 Å². The molecule has 3 heteroatoms. The first kappa shape index (κ1) is 14.4. The number of para-hydroxylation sites is 1. The number of methoxy groups -OCH3 is 1. The molecule has 1 aliphatic rings. The molecule has 0 bridgehead atoms. The number of benzene rings is 1. The highest BCUT2D eigenvalue weighted by Gasteiger charge is 2.24. The predicted octanol–water partition coefficient (Wildman–Crippen LogP) is 2.83. The minimum Gasteiger partial charge on any atom is -0.496 e. The van der Waals surface area contributed by atoms with Crippen LogP contribution in [0.5, 0.6) is 5.75 Å². The van der Waals surface area contributed by atoms with Gasteiger partial charge in [0.2, 0.25) is 0 Å². The van der Waals surface area contributed by atoms with Gasteiger partial charge in [-0.25, -0.2) is 0 Å². The molecule has 0 aromatic heterocycles. The van der Waals surface area contributed by atoms with Gasteiger partial charge in [-0.05, 0) is 52.0 Å². The van der Waals surface area contributed by atoms with Crippen LogP contribution in [0.25, 0.3) is 0 Å². The summed E-state index contributed by atoms with van der Waals surface area (Å²) >= 11 is 0. The molecule has 106 valence electrons. The van der Waals surface area contributed by atoms with Crippen LogP contribution in [0.2, 0.25) is 0 Å². The normalized spacial score (nSPS) is 18.2. The smallest absolute Gasteiger partial charge is 0.123 e. The van der Waals surface area contributed by atoms with E-state index in [4.69, 9.17) is 4.74 Å². The molecule has 1 atom stereocenters. The van der Waals surface area contributed by atoms with Crippen LogP contribution in [0.3, 0.4) is 0 Å². The minimum absolute atomic E-state index is 0.476. The second-order valence-electron chi connectivity index (χ2n) is 5.25. The lowest BCUT2D eigenvalue weighted by molar-refractivity contribution is 0.153.